The molecule has 0 radical (unpaired) electrons. The van der Waals surface area contributed by atoms with Gasteiger partial charge in [0.05, 0.1) is 6.54 Å². The van der Waals surface area contributed by atoms with E-state index >= 15 is 0 Å². The van der Waals surface area contributed by atoms with Crippen molar-refractivity contribution in [3.63, 3.8) is 0 Å². The smallest absolute Gasteiger partial charge is 0.407 e. The van der Waals surface area contributed by atoms with E-state index < -0.39 is 0 Å². The van der Waals surface area contributed by atoms with Crippen molar-refractivity contribution < 1.29 is 9.53 Å². The second-order valence-corrected chi connectivity index (χ2v) is 6.62. The van der Waals surface area contributed by atoms with E-state index in [1.54, 1.807) is 0 Å². The fourth-order valence-corrected chi connectivity index (χ4v) is 3.91. The Bertz CT molecular complexity index is 766. The molecule has 0 saturated carbocycles. The van der Waals surface area contributed by atoms with Gasteiger partial charge >= 0.3 is 6.09 Å². The minimum Gasteiger partial charge on any atom is -0.444 e. The second-order valence-electron chi connectivity index (χ2n) is 6.62. The number of nitrogens with one attached hydrogen (secondary N) is 1. The van der Waals surface area contributed by atoms with Crippen LogP contribution in [0.5, 0.6) is 0 Å². The van der Waals surface area contributed by atoms with Crippen LogP contribution >= 0.6 is 0 Å². The van der Waals surface area contributed by atoms with Gasteiger partial charge in [0.15, 0.2) is 0 Å². The zero-order valence-electron chi connectivity index (χ0n) is 14.5. The van der Waals surface area contributed by atoms with Crippen molar-refractivity contribution in [2.24, 2.45) is 0 Å². The molecular formula is C23H21NO2. The number of carbonyl (C=O) groups is 1. The highest BCUT2D eigenvalue weighted by Crippen LogP contribution is 2.43. The molecule has 0 aromatic heterocycles. The topological polar surface area (TPSA) is 38.3 Å². The van der Waals surface area contributed by atoms with E-state index in [4.69, 9.17) is 4.74 Å². The van der Waals surface area contributed by atoms with Gasteiger partial charge in [-0.05, 0) is 16.7 Å². The molecule has 1 unspecified atom stereocenters. The molecule has 1 amide bonds. The first-order valence-corrected chi connectivity index (χ1v) is 8.90. The summed E-state index contributed by atoms with van der Waals surface area (Å²) in [4.78, 5) is 11.6. The number of alkyl carbamates (subject to hydrolysis) is 1. The number of hydrogen-bond acceptors (Lipinski definition) is 2. The molecule has 0 aliphatic carbocycles. The largest absolute Gasteiger partial charge is 0.444 e. The predicted molar refractivity (Wildman–Crippen MR) is 102 cm³/mol. The number of amides is 1. The van der Waals surface area contributed by atoms with Crippen molar-refractivity contribution in [1.29, 1.82) is 0 Å². The van der Waals surface area contributed by atoms with Gasteiger partial charge in [0.25, 0.3) is 0 Å². The van der Waals surface area contributed by atoms with Gasteiger partial charge in [-0.25, -0.2) is 4.79 Å². The van der Waals surface area contributed by atoms with Gasteiger partial charge in [-0.2, -0.15) is 0 Å². The van der Waals surface area contributed by atoms with Crippen LogP contribution in [0.15, 0.2) is 91.0 Å². The molecule has 1 saturated heterocycles. The standard InChI is InChI=1S/C23H21NO2/c25-22-24-17-21(26-22)16-23(18-10-4-1-5-11-18,19-12-6-2-7-13-19)20-14-8-3-9-15-20/h1-15,21H,16-17H2,(H,24,25). The van der Waals surface area contributed by atoms with E-state index in [2.05, 4.69) is 78.1 Å². The van der Waals surface area contributed by atoms with E-state index in [1.165, 1.54) is 16.7 Å². The molecule has 0 spiro atoms. The molecule has 3 heteroatoms. The molecule has 130 valence electrons. The molecular weight excluding hydrogens is 322 g/mol. The van der Waals surface area contributed by atoms with Crippen molar-refractivity contribution in [3.05, 3.63) is 108 Å². The van der Waals surface area contributed by atoms with E-state index in [-0.39, 0.29) is 17.6 Å². The summed E-state index contributed by atoms with van der Waals surface area (Å²) in [5, 5.41) is 2.79. The summed E-state index contributed by atoms with van der Waals surface area (Å²) in [5.41, 5.74) is 3.20. The molecule has 4 rings (SSSR count). The number of rotatable bonds is 5. The Morgan fingerprint density at radius 3 is 1.54 bits per heavy atom. The number of carbonyl (C=O) groups excluding carboxylic acids is 1. The average molecular weight is 343 g/mol. The molecule has 1 fully saturated rings. The molecule has 1 atom stereocenters. The summed E-state index contributed by atoms with van der Waals surface area (Å²) in [6.45, 7) is 0.535. The van der Waals surface area contributed by atoms with Gasteiger partial charge in [0.1, 0.15) is 6.10 Å². The number of ether oxygens (including phenoxy) is 1. The maximum Gasteiger partial charge on any atom is 0.407 e. The maximum absolute atomic E-state index is 11.6. The lowest BCUT2D eigenvalue weighted by atomic mass is 9.66. The summed E-state index contributed by atoms with van der Waals surface area (Å²) in [5.74, 6) is 0. The van der Waals surface area contributed by atoms with Crippen LogP contribution in [-0.4, -0.2) is 18.7 Å². The zero-order chi connectivity index (χ0) is 17.8. The summed E-state index contributed by atoms with van der Waals surface area (Å²) in [6, 6.07) is 31.4. The first-order valence-electron chi connectivity index (χ1n) is 8.90. The van der Waals surface area contributed by atoms with Crippen molar-refractivity contribution in [2.45, 2.75) is 17.9 Å². The fourth-order valence-electron chi connectivity index (χ4n) is 3.91. The SMILES string of the molecule is O=C1NCC(CC(c2ccccc2)(c2ccccc2)c2ccccc2)O1. The van der Waals surface area contributed by atoms with Gasteiger partial charge in [0.2, 0.25) is 0 Å². The van der Waals surface area contributed by atoms with Crippen LogP contribution in [0.1, 0.15) is 23.1 Å². The Kier molecular flexibility index (Phi) is 4.44. The van der Waals surface area contributed by atoms with Crippen LogP contribution in [-0.2, 0) is 10.2 Å². The molecule has 3 aromatic rings. The third kappa shape index (κ3) is 2.97. The van der Waals surface area contributed by atoms with E-state index in [1.807, 2.05) is 18.2 Å². The monoisotopic (exact) mass is 343 g/mol. The average Bonchev–Trinajstić information content (AvgIpc) is 3.13. The quantitative estimate of drug-likeness (QED) is 0.692. The lowest BCUT2D eigenvalue weighted by Crippen LogP contribution is -2.35. The van der Waals surface area contributed by atoms with Gasteiger partial charge in [-0.3, -0.25) is 0 Å². The Labute approximate surface area is 153 Å². The molecule has 3 nitrogen and oxygen atoms in total. The van der Waals surface area contributed by atoms with Gasteiger partial charge in [-0.15, -0.1) is 0 Å². The molecule has 1 N–H and O–H groups in total. The van der Waals surface area contributed by atoms with Crippen LogP contribution < -0.4 is 5.32 Å². The van der Waals surface area contributed by atoms with Crippen molar-refractivity contribution in [3.8, 4) is 0 Å². The van der Waals surface area contributed by atoms with Crippen LogP contribution in [0.4, 0.5) is 4.79 Å². The second kappa shape index (κ2) is 7.04. The van der Waals surface area contributed by atoms with Crippen molar-refractivity contribution in [2.75, 3.05) is 6.54 Å². The maximum atomic E-state index is 11.6. The first-order chi connectivity index (χ1) is 12.8. The summed E-state index contributed by atoms with van der Waals surface area (Å²) in [7, 11) is 0. The lowest BCUT2D eigenvalue weighted by molar-refractivity contribution is 0.128. The Morgan fingerprint density at radius 1 is 0.769 bits per heavy atom. The summed E-state index contributed by atoms with van der Waals surface area (Å²) < 4.78 is 5.53. The highest BCUT2D eigenvalue weighted by atomic mass is 16.6. The van der Waals surface area contributed by atoms with Gasteiger partial charge in [-0.1, -0.05) is 91.0 Å². The Balaban J connectivity index is 1.92. The molecule has 1 aliphatic heterocycles. The van der Waals surface area contributed by atoms with E-state index in [0.29, 0.717) is 13.0 Å². The zero-order valence-corrected chi connectivity index (χ0v) is 14.5. The van der Waals surface area contributed by atoms with Crippen LogP contribution in [0.3, 0.4) is 0 Å². The van der Waals surface area contributed by atoms with Crippen molar-refractivity contribution in [1.82, 2.24) is 5.32 Å². The number of cyclic esters (lactones) is 1. The normalized spacial score (nSPS) is 16.8. The van der Waals surface area contributed by atoms with Crippen LogP contribution in [0.25, 0.3) is 0 Å². The van der Waals surface area contributed by atoms with Gasteiger partial charge < -0.3 is 10.1 Å². The summed E-state index contributed by atoms with van der Waals surface area (Å²) in [6.07, 6.45) is 0.172. The van der Waals surface area contributed by atoms with Crippen LogP contribution in [0, 0.1) is 0 Å². The number of benzene rings is 3. The van der Waals surface area contributed by atoms with E-state index in [0.717, 1.165) is 0 Å². The van der Waals surface area contributed by atoms with E-state index in [9.17, 15) is 4.79 Å². The Hall–Kier alpha value is -3.07. The molecule has 3 aromatic carbocycles. The summed E-state index contributed by atoms with van der Waals surface area (Å²) >= 11 is 0. The highest BCUT2D eigenvalue weighted by Gasteiger charge is 2.40. The third-order valence-electron chi connectivity index (χ3n) is 5.08. The molecule has 1 heterocycles. The van der Waals surface area contributed by atoms with Gasteiger partial charge in [0, 0.05) is 11.8 Å². The van der Waals surface area contributed by atoms with Crippen molar-refractivity contribution >= 4 is 6.09 Å². The molecule has 0 bridgehead atoms. The van der Waals surface area contributed by atoms with Crippen LogP contribution in [0.2, 0.25) is 0 Å². The predicted octanol–water partition coefficient (Wildman–Crippen LogP) is 4.52. The fraction of sp³-hybridized carbons (Fsp3) is 0.174. The molecule has 26 heavy (non-hydrogen) atoms. The minimum atomic E-state index is -0.388. The first kappa shape index (κ1) is 16.4. The number of hydrogen-bond donors (Lipinski definition) is 1. The minimum absolute atomic E-state index is 0.178. The Morgan fingerprint density at radius 2 is 1.19 bits per heavy atom. The lowest BCUT2D eigenvalue weighted by Gasteiger charge is -2.37. The highest BCUT2D eigenvalue weighted by molar-refractivity contribution is 5.69. The molecule has 1 aliphatic rings. The third-order valence-corrected chi connectivity index (χ3v) is 5.08.